The zero-order chi connectivity index (χ0) is 41.4. The van der Waals surface area contributed by atoms with E-state index in [0.29, 0.717) is 12.0 Å². The van der Waals surface area contributed by atoms with E-state index in [1.165, 1.54) is 6.92 Å². The molecule has 1 heterocycles. The summed E-state index contributed by atoms with van der Waals surface area (Å²) in [6, 6.07) is 0.183. The maximum atomic E-state index is 13.8. The van der Waals surface area contributed by atoms with Crippen molar-refractivity contribution in [1.82, 2.24) is 31.5 Å². The molecule has 0 aliphatic carbocycles. The number of rotatable bonds is 21. The summed E-state index contributed by atoms with van der Waals surface area (Å²) in [6.07, 6.45) is -3.06. The number of aliphatic hydroxyl groups is 2. The Hall–Kier alpha value is -5.30. The lowest BCUT2D eigenvalue weighted by molar-refractivity contribution is -0.145. The van der Waals surface area contributed by atoms with Crippen LogP contribution in [0.25, 0.3) is 0 Å². The number of carbonyl (C=O) groups excluding carboxylic acids is 6. The number of nitrogens with zero attached hydrogens (tertiary/aromatic N) is 1. The van der Waals surface area contributed by atoms with Gasteiger partial charge < -0.3 is 56.6 Å². The number of hydrogen-bond acceptors (Lipinski definition) is 11. The highest BCUT2D eigenvalue weighted by atomic mass is 16.5. The highest BCUT2D eigenvalue weighted by Gasteiger charge is 2.41. The molecule has 1 aromatic carbocycles. The Balaban J connectivity index is 2.19. The first-order valence-corrected chi connectivity index (χ1v) is 18.1. The minimum absolute atomic E-state index is 0.0366. The Morgan fingerprint density at radius 1 is 0.800 bits per heavy atom. The highest BCUT2D eigenvalue weighted by Crippen LogP contribution is 2.21. The topological polar surface area (TPSA) is 290 Å². The number of ether oxygens (including phenoxy) is 1. The van der Waals surface area contributed by atoms with E-state index in [1.807, 2.05) is 0 Å². The van der Waals surface area contributed by atoms with Gasteiger partial charge in [0.15, 0.2) is 0 Å². The van der Waals surface area contributed by atoms with E-state index in [1.54, 1.807) is 58.0 Å². The molecule has 1 aromatic rings. The largest absolute Gasteiger partial charge is 0.481 e. The van der Waals surface area contributed by atoms with Gasteiger partial charge in [-0.1, -0.05) is 58.0 Å². The van der Waals surface area contributed by atoms with E-state index in [4.69, 9.17) is 4.74 Å². The van der Waals surface area contributed by atoms with Gasteiger partial charge in [-0.2, -0.15) is 0 Å². The molecule has 7 atom stereocenters. The lowest BCUT2D eigenvalue weighted by Gasteiger charge is -2.32. The van der Waals surface area contributed by atoms with Gasteiger partial charge in [-0.05, 0) is 50.0 Å². The summed E-state index contributed by atoms with van der Waals surface area (Å²) in [5.74, 6) is -7.59. The molecule has 0 radical (unpaired) electrons. The molecule has 1 saturated heterocycles. The number of hydrogen-bond donors (Lipinski definition) is 9. The Kier molecular flexibility index (Phi) is 18.5. The highest BCUT2D eigenvalue weighted by molar-refractivity contribution is 5.97. The number of carbonyl (C=O) groups is 8. The molecule has 0 spiro atoms. The van der Waals surface area contributed by atoms with E-state index in [0.717, 1.165) is 4.90 Å². The average Bonchev–Trinajstić information content (AvgIpc) is 3.62. The van der Waals surface area contributed by atoms with Crippen molar-refractivity contribution in [2.75, 3.05) is 13.2 Å². The normalized spacial score (nSPS) is 17.2. The minimum atomic E-state index is -1.68. The number of carboxylic acid groups (broad SMARTS) is 2. The van der Waals surface area contributed by atoms with Crippen LogP contribution < -0.4 is 26.6 Å². The number of benzene rings is 1. The quantitative estimate of drug-likeness (QED) is 0.0743. The molecule has 1 aliphatic heterocycles. The molecule has 0 saturated carbocycles. The second-order valence-electron chi connectivity index (χ2n) is 14.1. The number of amides is 6. The van der Waals surface area contributed by atoms with E-state index in [2.05, 4.69) is 26.6 Å². The van der Waals surface area contributed by atoms with Crippen molar-refractivity contribution < 1.29 is 63.5 Å². The summed E-state index contributed by atoms with van der Waals surface area (Å²) in [7, 11) is 0. The second kappa shape index (κ2) is 22.2. The summed E-state index contributed by atoms with van der Waals surface area (Å²) < 4.78 is 5.07. The van der Waals surface area contributed by atoms with Crippen LogP contribution in [-0.2, 0) is 44.9 Å². The Bertz CT molecular complexity index is 1510. The van der Waals surface area contributed by atoms with E-state index in [9.17, 15) is 58.8 Å². The Labute approximate surface area is 318 Å². The lowest BCUT2D eigenvalue weighted by atomic mass is 10.00. The molecule has 2 rings (SSSR count). The van der Waals surface area contributed by atoms with Crippen molar-refractivity contribution in [3.05, 3.63) is 35.9 Å². The third-order valence-corrected chi connectivity index (χ3v) is 8.74. The van der Waals surface area contributed by atoms with Crippen LogP contribution in [0.2, 0.25) is 0 Å². The van der Waals surface area contributed by atoms with Crippen molar-refractivity contribution in [2.24, 2.45) is 11.8 Å². The first-order chi connectivity index (χ1) is 25.9. The van der Waals surface area contributed by atoms with Crippen LogP contribution in [0, 0.1) is 11.8 Å². The molecule has 7 unspecified atom stereocenters. The predicted molar refractivity (Wildman–Crippen MR) is 194 cm³/mol. The number of nitrogens with one attached hydrogen (secondary N) is 5. The molecular weight excluding hydrogens is 724 g/mol. The zero-order valence-electron chi connectivity index (χ0n) is 31.7. The SMILES string of the molecule is CC(C)CC(NC(=O)C1CCCN1C(=O)C(NC(=O)C(CCC(=O)O)NC(=O)C(CO)NC(=O)OCc1ccccc1)C(C)O)C(=O)NC(C(=O)O)C(C)C. The standard InChI is InChI=1S/C36H54N6O13/c1-19(2)16-24(31(48)40-28(20(3)4)35(52)53)38-33(50)26-12-9-15-42(26)34(51)29(21(5)44)41-30(47)23(13-14-27(45)46)37-32(49)25(17-43)39-36(54)55-18-22-10-7-6-8-11-22/h6-8,10-11,19-21,23-26,28-29,43-44H,9,12-18H2,1-5H3,(H,37,49)(H,38,50)(H,39,54)(H,40,48)(H,41,47)(H,45,46)(H,52,53). The fourth-order valence-electron chi connectivity index (χ4n) is 5.77. The molecule has 1 aliphatic rings. The van der Waals surface area contributed by atoms with E-state index in [-0.39, 0.29) is 31.9 Å². The summed E-state index contributed by atoms with van der Waals surface area (Å²) in [6.45, 7) is 7.00. The number of aliphatic hydroxyl groups excluding tert-OH is 2. The molecule has 19 nitrogen and oxygen atoms in total. The van der Waals surface area contributed by atoms with Crippen molar-refractivity contribution in [3.63, 3.8) is 0 Å². The third kappa shape index (κ3) is 14.8. The van der Waals surface area contributed by atoms with Gasteiger partial charge in [-0.3, -0.25) is 28.8 Å². The number of aliphatic carboxylic acids is 2. The first kappa shape index (κ1) is 45.9. The molecule has 55 heavy (non-hydrogen) atoms. The van der Waals surface area contributed by atoms with Crippen LogP contribution in [0.5, 0.6) is 0 Å². The van der Waals surface area contributed by atoms with Crippen LogP contribution in [0.15, 0.2) is 30.3 Å². The van der Waals surface area contributed by atoms with Crippen molar-refractivity contribution in [3.8, 4) is 0 Å². The summed E-state index contributed by atoms with van der Waals surface area (Å²) >= 11 is 0. The van der Waals surface area contributed by atoms with Crippen LogP contribution in [-0.4, -0.2) is 128 Å². The van der Waals surface area contributed by atoms with Gasteiger partial charge in [0.25, 0.3) is 0 Å². The van der Waals surface area contributed by atoms with Crippen LogP contribution in [0.1, 0.15) is 72.3 Å². The maximum Gasteiger partial charge on any atom is 0.408 e. The van der Waals surface area contributed by atoms with Crippen molar-refractivity contribution in [2.45, 2.75) is 116 Å². The predicted octanol–water partition coefficient (Wildman–Crippen LogP) is -0.764. The average molecular weight is 779 g/mol. The van der Waals surface area contributed by atoms with Gasteiger partial charge >= 0.3 is 18.0 Å². The lowest BCUT2D eigenvalue weighted by Crippen LogP contribution is -2.61. The Morgan fingerprint density at radius 3 is 1.95 bits per heavy atom. The number of alkyl carbamates (subject to hydrolysis) is 1. The van der Waals surface area contributed by atoms with Gasteiger partial charge in [0, 0.05) is 13.0 Å². The number of carboxylic acids is 2. The van der Waals surface area contributed by atoms with E-state index >= 15 is 0 Å². The van der Waals surface area contributed by atoms with Crippen molar-refractivity contribution >= 4 is 47.6 Å². The number of likely N-dealkylation sites (tertiary alicyclic amines) is 1. The smallest absolute Gasteiger partial charge is 0.408 e. The molecule has 1 fully saturated rings. The molecule has 0 aromatic heterocycles. The monoisotopic (exact) mass is 778 g/mol. The molecule has 9 N–H and O–H groups in total. The maximum absolute atomic E-state index is 13.8. The van der Waals surface area contributed by atoms with E-state index < -0.39 is 115 Å². The fourth-order valence-corrected chi connectivity index (χ4v) is 5.77. The first-order valence-electron chi connectivity index (χ1n) is 18.1. The van der Waals surface area contributed by atoms with Crippen LogP contribution in [0.3, 0.4) is 0 Å². The van der Waals surface area contributed by atoms with Gasteiger partial charge in [-0.25, -0.2) is 9.59 Å². The zero-order valence-corrected chi connectivity index (χ0v) is 31.7. The minimum Gasteiger partial charge on any atom is -0.481 e. The van der Waals surface area contributed by atoms with Gasteiger partial charge in [0.1, 0.15) is 42.9 Å². The summed E-state index contributed by atoms with van der Waals surface area (Å²) in [5.41, 5.74) is 0.645. The molecular formula is C36H54N6O13. The van der Waals surface area contributed by atoms with Gasteiger partial charge in [0.2, 0.25) is 29.5 Å². The Morgan fingerprint density at radius 2 is 1.40 bits per heavy atom. The van der Waals surface area contributed by atoms with Crippen LogP contribution in [0.4, 0.5) is 4.79 Å². The molecule has 306 valence electrons. The van der Waals surface area contributed by atoms with Gasteiger partial charge in [-0.15, -0.1) is 0 Å². The molecule has 0 bridgehead atoms. The second-order valence-corrected chi connectivity index (χ2v) is 14.1. The fraction of sp³-hybridized carbons (Fsp3) is 0.611. The summed E-state index contributed by atoms with van der Waals surface area (Å²) in [4.78, 5) is 104. The third-order valence-electron chi connectivity index (χ3n) is 8.74. The molecule has 6 amide bonds. The molecule has 19 heteroatoms. The van der Waals surface area contributed by atoms with Crippen molar-refractivity contribution in [1.29, 1.82) is 0 Å². The summed E-state index contributed by atoms with van der Waals surface area (Å²) in [5, 5.41) is 51.1. The van der Waals surface area contributed by atoms with Crippen LogP contribution >= 0.6 is 0 Å². The van der Waals surface area contributed by atoms with Gasteiger partial charge in [0.05, 0.1) is 12.7 Å².